The Morgan fingerprint density at radius 3 is 2.79 bits per heavy atom. The van der Waals surface area contributed by atoms with E-state index in [-0.39, 0.29) is 0 Å². The summed E-state index contributed by atoms with van der Waals surface area (Å²) < 4.78 is 0. The number of nitrogens with one attached hydrogen (secondary N) is 1. The molecule has 0 aliphatic carbocycles. The van der Waals surface area contributed by atoms with E-state index >= 15 is 0 Å². The number of fused-ring (bicyclic) bond motifs is 1. The zero-order chi connectivity index (χ0) is 10.6. The molecule has 0 fully saturated rings. The van der Waals surface area contributed by atoms with Gasteiger partial charge >= 0.3 is 0 Å². The summed E-state index contributed by atoms with van der Waals surface area (Å²) in [6, 6.07) is 7.26. The van der Waals surface area contributed by atoms with E-state index < -0.39 is 0 Å². The highest BCUT2D eigenvalue weighted by molar-refractivity contribution is 5.89. The van der Waals surface area contributed by atoms with Gasteiger partial charge in [-0.05, 0) is 18.2 Å². The zero-order valence-electron chi connectivity index (χ0n) is 8.20. The maximum atomic E-state index is 8.59. The number of anilines is 1. The van der Waals surface area contributed by atoms with Gasteiger partial charge in [-0.2, -0.15) is 10.4 Å². The Kier molecular flexibility index (Phi) is 3.08. The molecule has 0 unspecified atom stereocenters. The molecule has 4 nitrogen and oxygen atoms in total. The number of H-pyrrole nitrogens is 1. The monoisotopic (exact) mass is 188 g/mol. The van der Waals surface area contributed by atoms with Crippen LogP contribution in [0.25, 0.3) is 10.9 Å². The van der Waals surface area contributed by atoms with Gasteiger partial charge in [-0.25, -0.2) is 0 Å². The molecule has 0 saturated carbocycles. The van der Waals surface area contributed by atoms with Crippen LogP contribution >= 0.6 is 0 Å². The van der Waals surface area contributed by atoms with Gasteiger partial charge in [-0.15, -0.1) is 0 Å². The second-order valence-electron chi connectivity index (χ2n) is 2.48. The zero-order valence-corrected chi connectivity index (χ0v) is 8.20. The Morgan fingerprint density at radius 1 is 1.43 bits per heavy atom. The fourth-order valence-corrected chi connectivity index (χ4v) is 1.11. The van der Waals surface area contributed by atoms with E-state index in [0.29, 0.717) is 11.4 Å². The van der Waals surface area contributed by atoms with Crippen LogP contribution in [0.2, 0.25) is 0 Å². The van der Waals surface area contributed by atoms with Gasteiger partial charge in [0.05, 0.1) is 17.1 Å². The number of nitrogens with zero attached hydrogens (tertiary/aromatic N) is 2. The van der Waals surface area contributed by atoms with Crippen molar-refractivity contribution in [3.63, 3.8) is 0 Å². The van der Waals surface area contributed by atoms with Crippen molar-refractivity contribution in [1.82, 2.24) is 10.2 Å². The molecular weight excluding hydrogens is 176 g/mol. The molecule has 0 aliphatic rings. The highest BCUT2D eigenvalue weighted by Crippen LogP contribution is 2.17. The molecule has 0 spiro atoms. The number of aromatic amines is 1. The van der Waals surface area contributed by atoms with E-state index in [1.54, 1.807) is 18.2 Å². The first-order chi connectivity index (χ1) is 6.81. The summed E-state index contributed by atoms with van der Waals surface area (Å²) in [4.78, 5) is 0. The van der Waals surface area contributed by atoms with E-state index in [0.717, 1.165) is 10.9 Å². The van der Waals surface area contributed by atoms with Crippen LogP contribution in [-0.4, -0.2) is 10.2 Å². The molecule has 0 radical (unpaired) electrons. The van der Waals surface area contributed by atoms with E-state index in [1.807, 2.05) is 19.9 Å². The van der Waals surface area contributed by atoms with Gasteiger partial charge in [0.1, 0.15) is 0 Å². The molecule has 4 heteroatoms. The lowest BCUT2D eigenvalue weighted by Gasteiger charge is -1.89. The predicted octanol–water partition coefficient (Wildman–Crippen LogP) is 2.04. The van der Waals surface area contributed by atoms with E-state index in [4.69, 9.17) is 11.0 Å². The van der Waals surface area contributed by atoms with Crippen LogP contribution < -0.4 is 5.73 Å². The van der Waals surface area contributed by atoms with Crippen molar-refractivity contribution >= 4 is 16.7 Å². The van der Waals surface area contributed by atoms with E-state index in [1.165, 1.54) is 0 Å². The summed E-state index contributed by atoms with van der Waals surface area (Å²) >= 11 is 0. The molecule has 1 aromatic heterocycles. The molecule has 2 aromatic rings. The highest BCUT2D eigenvalue weighted by Gasteiger charge is 2.01. The highest BCUT2D eigenvalue weighted by atomic mass is 15.1. The minimum atomic E-state index is 0.467. The summed E-state index contributed by atoms with van der Waals surface area (Å²) in [6.45, 7) is 4.00. The van der Waals surface area contributed by atoms with Crippen molar-refractivity contribution in [2.75, 3.05) is 5.73 Å². The number of hydrogen-bond acceptors (Lipinski definition) is 3. The van der Waals surface area contributed by atoms with Gasteiger partial charge in [0.25, 0.3) is 0 Å². The Bertz CT molecular complexity index is 464. The van der Waals surface area contributed by atoms with Gasteiger partial charge in [-0.1, -0.05) is 13.8 Å². The number of aromatic nitrogens is 2. The first-order valence-corrected chi connectivity index (χ1v) is 4.45. The number of nitriles is 1. The lowest BCUT2D eigenvalue weighted by Crippen LogP contribution is -1.83. The maximum absolute atomic E-state index is 8.59. The van der Waals surface area contributed by atoms with Crippen LogP contribution in [-0.2, 0) is 0 Å². The molecule has 0 aliphatic heterocycles. The molecule has 14 heavy (non-hydrogen) atoms. The molecule has 0 amide bonds. The topological polar surface area (TPSA) is 78.5 Å². The van der Waals surface area contributed by atoms with Crippen molar-refractivity contribution in [3.8, 4) is 6.07 Å². The normalized spacial score (nSPS) is 8.93. The Hall–Kier alpha value is -2.02. The van der Waals surface area contributed by atoms with Gasteiger partial charge in [0.15, 0.2) is 5.82 Å². The molecule has 2 rings (SSSR count). The van der Waals surface area contributed by atoms with Crippen molar-refractivity contribution in [2.24, 2.45) is 0 Å². The number of nitrogen functional groups attached to an aromatic ring is 1. The van der Waals surface area contributed by atoms with Crippen LogP contribution in [0.5, 0.6) is 0 Å². The fourth-order valence-electron chi connectivity index (χ4n) is 1.11. The summed E-state index contributed by atoms with van der Waals surface area (Å²) in [5, 5.41) is 16.0. The Labute approximate surface area is 82.3 Å². The van der Waals surface area contributed by atoms with Crippen LogP contribution in [0.3, 0.4) is 0 Å². The van der Waals surface area contributed by atoms with E-state index in [9.17, 15) is 0 Å². The lowest BCUT2D eigenvalue weighted by atomic mass is 10.2. The van der Waals surface area contributed by atoms with Crippen LogP contribution in [0, 0.1) is 11.3 Å². The summed E-state index contributed by atoms with van der Waals surface area (Å²) in [6.07, 6.45) is 0. The lowest BCUT2D eigenvalue weighted by molar-refractivity contribution is 1.13. The van der Waals surface area contributed by atoms with Crippen molar-refractivity contribution in [2.45, 2.75) is 13.8 Å². The number of rotatable bonds is 0. The summed E-state index contributed by atoms with van der Waals surface area (Å²) in [5.41, 5.74) is 6.94. The van der Waals surface area contributed by atoms with Crippen LogP contribution in [0.15, 0.2) is 18.2 Å². The van der Waals surface area contributed by atoms with Gasteiger partial charge in [-0.3, -0.25) is 5.10 Å². The van der Waals surface area contributed by atoms with E-state index in [2.05, 4.69) is 10.2 Å². The number of hydrogen-bond donors (Lipinski definition) is 2. The largest absolute Gasteiger partial charge is 0.382 e. The standard InChI is InChI=1S/C8H6N4.C2H6/c9-4-5-1-2-6-7(3-5)11-12-8(6)10;1-2/h1-3H,(H3,10,11,12);1-2H3. The van der Waals surface area contributed by atoms with Crippen molar-refractivity contribution in [1.29, 1.82) is 5.26 Å². The predicted molar refractivity (Wildman–Crippen MR) is 56.6 cm³/mol. The van der Waals surface area contributed by atoms with Gasteiger partial charge < -0.3 is 5.73 Å². The molecule has 3 N–H and O–H groups in total. The fraction of sp³-hybridized carbons (Fsp3) is 0.200. The molecule has 0 atom stereocenters. The molecule has 72 valence electrons. The van der Waals surface area contributed by atoms with Crippen molar-refractivity contribution < 1.29 is 0 Å². The van der Waals surface area contributed by atoms with Crippen LogP contribution in [0.4, 0.5) is 5.82 Å². The average Bonchev–Trinajstić information content (AvgIpc) is 2.63. The maximum Gasteiger partial charge on any atom is 0.153 e. The van der Waals surface area contributed by atoms with Gasteiger partial charge in [0.2, 0.25) is 0 Å². The van der Waals surface area contributed by atoms with Crippen LogP contribution in [0.1, 0.15) is 19.4 Å². The molecule has 0 saturated heterocycles. The smallest absolute Gasteiger partial charge is 0.153 e. The molecular formula is C10H12N4. The third-order valence-electron chi connectivity index (χ3n) is 1.72. The number of benzene rings is 1. The minimum Gasteiger partial charge on any atom is -0.382 e. The van der Waals surface area contributed by atoms with Gasteiger partial charge in [0, 0.05) is 5.39 Å². The molecule has 0 bridgehead atoms. The Balaban J connectivity index is 0.000000461. The second-order valence-corrected chi connectivity index (χ2v) is 2.48. The third kappa shape index (κ3) is 1.67. The number of nitrogens with two attached hydrogens (primary N) is 1. The first-order valence-electron chi connectivity index (χ1n) is 4.45. The average molecular weight is 188 g/mol. The third-order valence-corrected chi connectivity index (χ3v) is 1.72. The SMILES string of the molecule is CC.N#Cc1ccc2c(N)n[nH]c2c1. The van der Waals surface area contributed by atoms with Crippen molar-refractivity contribution in [3.05, 3.63) is 23.8 Å². The summed E-state index contributed by atoms with van der Waals surface area (Å²) in [7, 11) is 0. The Morgan fingerprint density at radius 2 is 2.14 bits per heavy atom. The molecule has 1 heterocycles. The summed E-state index contributed by atoms with van der Waals surface area (Å²) in [5.74, 6) is 0.467. The second kappa shape index (κ2) is 4.28. The quantitative estimate of drug-likeness (QED) is 0.664. The minimum absolute atomic E-state index is 0.467. The first kappa shape index (κ1) is 10.1. The molecule has 1 aromatic carbocycles.